The van der Waals surface area contributed by atoms with E-state index in [9.17, 15) is 9.59 Å². The fourth-order valence-electron chi connectivity index (χ4n) is 3.91. The Morgan fingerprint density at radius 2 is 1.17 bits per heavy atom. The summed E-state index contributed by atoms with van der Waals surface area (Å²) in [7, 11) is 0. The van der Waals surface area contributed by atoms with Crippen molar-refractivity contribution in [1.29, 1.82) is 0 Å². The van der Waals surface area contributed by atoms with E-state index < -0.39 is 11.9 Å². The molecule has 0 heterocycles. The molecule has 0 aliphatic carbocycles. The summed E-state index contributed by atoms with van der Waals surface area (Å²) in [6.07, 6.45) is 5.48. The Morgan fingerprint density at radius 3 is 1.69 bits per heavy atom. The van der Waals surface area contributed by atoms with Gasteiger partial charge in [0, 0.05) is 21.5 Å². The lowest BCUT2D eigenvalue weighted by Gasteiger charge is -2.18. The van der Waals surface area contributed by atoms with Crippen molar-refractivity contribution in [2.45, 2.75) is 59.3 Å². The molecule has 0 aromatic heterocycles. The van der Waals surface area contributed by atoms with Gasteiger partial charge in [-0.05, 0) is 30.9 Å². The van der Waals surface area contributed by atoms with Crippen LogP contribution in [0.5, 0.6) is 11.5 Å². The van der Waals surface area contributed by atoms with Crippen LogP contribution in [0.1, 0.15) is 58.4 Å². The molecule has 6 heteroatoms. The smallest absolute Gasteiger partial charge is 0.344 e. The number of unbranched alkanes of at least 4 members (excludes halogenated alkanes) is 2. The maximum Gasteiger partial charge on any atom is 0.344 e. The van der Waals surface area contributed by atoms with Gasteiger partial charge in [0.2, 0.25) is 0 Å². The van der Waals surface area contributed by atoms with Gasteiger partial charge in [0.1, 0.15) is 11.5 Å². The Morgan fingerprint density at radius 1 is 0.657 bits per heavy atom. The summed E-state index contributed by atoms with van der Waals surface area (Å²) in [5.74, 6) is 0.423. The molecule has 0 fully saturated rings. The van der Waals surface area contributed by atoms with Crippen LogP contribution in [0.15, 0.2) is 42.5 Å². The Kier molecular flexibility index (Phi) is 10.2. The van der Waals surface area contributed by atoms with E-state index in [0.717, 1.165) is 65.6 Å². The first kappa shape index (κ1) is 26.3. The zero-order chi connectivity index (χ0) is 25.0. The van der Waals surface area contributed by atoms with E-state index in [1.165, 1.54) is 0 Å². The zero-order valence-electron chi connectivity index (χ0n) is 21.1. The highest BCUT2D eigenvalue weighted by atomic mass is 16.6. The standard InChI is InChI=1S/C29H36O6/c1-4-7-16-32-26(30)19-34-28-22-12-9-10-13-23(22)29(35-20-27(31)33-17-8-5-2)25-18-21(11-6-3)14-15-24(25)28/h9-10,12-15,18H,4-8,11,16-17,19-20H2,1-3H3. The van der Waals surface area contributed by atoms with Crippen molar-refractivity contribution in [2.24, 2.45) is 0 Å². The quantitative estimate of drug-likeness (QED) is 0.151. The molecule has 188 valence electrons. The van der Waals surface area contributed by atoms with Crippen LogP contribution in [0.4, 0.5) is 0 Å². The SMILES string of the molecule is CCCCOC(=O)COc1c2ccccc2c(OCC(=O)OCCCC)c2cc(CCC)ccc12. The molecule has 0 spiro atoms. The molecule has 0 aliphatic heterocycles. The number of aryl methyl sites for hydroxylation is 1. The van der Waals surface area contributed by atoms with Crippen LogP contribution in [0.3, 0.4) is 0 Å². The fourth-order valence-corrected chi connectivity index (χ4v) is 3.91. The largest absolute Gasteiger partial charge is 0.481 e. The molecule has 0 bridgehead atoms. The first-order valence-corrected chi connectivity index (χ1v) is 12.6. The van der Waals surface area contributed by atoms with Crippen LogP contribution in [0, 0.1) is 0 Å². The minimum Gasteiger partial charge on any atom is -0.481 e. The van der Waals surface area contributed by atoms with Gasteiger partial charge < -0.3 is 18.9 Å². The third-order valence-electron chi connectivity index (χ3n) is 5.72. The predicted octanol–water partition coefficient (Wildman–Crippen LogP) is 6.39. The van der Waals surface area contributed by atoms with Crippen molar-refractivity contribution in [3.05, 3.63) is 48.0 Å². The van der Waals surface area contributed by atoms with Crippen LogP contribution >= 0.6 is 0 Å². The highest BCUT2D eigenvalue weighted by Gasteiger charge is 2.19. The molecule has 0 radical (unpaired) electrons. The number of benzene rings is 3. The van der Waals surface area contributed by atoms with Crippen LogP contribution in [0.2, 0.25) is 0 Å². The minimum absolute atomic E-state index is 0.176. The second-order valence-corrected chi connectivity index (χ2v) is 8.56. The van der Waals surface area contributed by atoms with Crippen LogP contribution in [0.25, 0.3) is 21.5 Å². The van der Waals surface area contributed by atoms with Crippen molar-refractivity contribution >= 4 is 33.5 Å². The van der Waals surface area contributed by atoms with Crippen molar-refractivity contribution in [3.8, 4) is 11.5 Å². The van der Waals surface area contributed by atoms with Crippen molar-refractivity contribution in [3.63, 3.8) is 0 Å². The molecule has 0 saturated heterocycles. The number of hydrogen-bond acceptors (Lipinski definition) is 6. The maximum atomic E-state index is 12.3. The first-order valence-electron chi connectivity index (χ1n) is 12.6. The Labute approximate surface area is 207 Å². The summed E-state index contributed by atoms with van der Waals surface area (Å²) in [6.45, 7) is 6.65. The predicted molar refractivity (Wildman–Crippen MR) is 138 cm³/mol. The second kappa shape index (κ2) is 13.6. The van der Waals surface area contributed by atoms with Crippen LogP contribution in [-0.2, 0) is 25.5 Å². The molecule has 0 atom stereocenters. The highest BCUT2D eigenvalue weighted by molar-refractivity contribution is 6.11. The third-order valence-corrected chi connectivity index (χ3v) is 5.72. The van der Waals surface area contributed by atoms with Gasteiger partial charge in [-0.3, -0.25) is 0 Å². The third kappa shape index (κ3) is 7.10. The van der Waals surface area contributed by atoms with Crippen LogP contribution < -0.4 is 9.47 Å². The summed E-state index contributed by atoms with van der Waals surface area (Å²) in [5, 5.41) is 3.27. The lowest BCUT2D eigenvalue weighted by Crippen LogP contribution is -2.17. The highest BCUT2D eigenvalue weighted by Crippen LogP contribution is 2.43. The van der Waals surface area contributed by atoms with Crippen molar-refractivity contribution < 1.29 is 28.5 Å². The molecular weight excluding hydrogens is 444 g/mol. The molecule has 3 aromatic rings. The molecule has 0 N–H and O–H groups in total. The van der Waals surface area contributed by atoms with Crippen molar-refractivity contribution in [2.75, 3.05) is 26.4 Å². The summed E-state index contributed by atoms with van der Waals surface area (Å²) >= 11 is 0. The van der Waals surface area contributed by atoms with Gasteiger partial charge in [0.05, 0.1) is 13.2 Å². The Bertz CT molecular complexity index is 1140. The average molecular weight is 481 g/mol. The summed E-state index contributed by atoms with van der Waals surface area (Å²) in [4.78, 5) is 24.5. The first-order chi connectivity index (χ1) is 17.1. The van der Waals surface area contributed by atoms with E-state index in [1.807, 2.05) is 44.2 Å². The maximum absolute atomic E-state index is 12.3. The van der Waals surface area contributed by atoms with Gasteiger partial charge in [0.25, 0.3) is 0 Å². The van der Waals surface area contributed by atoms with Crippen molar-refractivity contribution in [1.82, 2.24) is 0 Å². The lowest BCUT2D eigenvalue weighted by molar-refractivity contribution is -0.146. The topological polar surface area (TPSA) is 71.1 Å². The molecule has 0 unspecified atom stereocenters. The van der Waals surface area contributed by atoms with Gasteiger partial charge in [0.15, 0.2) is 13.2 Å². The van der Waals surface area contributed by atoms with E-state index >= 15 is 0 Å². The summed E-state index contributed by atoms with van der Waals surface area (Å²) in [6, 6.07) is 13.8. The number of ether oxygens (including phenoxy) is 4. The molecule has 0 amide bonds. The number of fused-ring (bicyclic) bond motifs is 2. The summed E-state index contributed by atoms with van der Waals surface area (Å²) in [5.41, 5.74) is 1.16. The van der Waals surface area contributed by atoms with E-state index in [4.69, 9.17) is 18.9 Å². The van der Waals surface area contributed by atoms with E-state index in [-0.39, 0.29) is 13.2 Å². The number of carbonyl (C=O) groups excluding carboxylic acids is 2. The molecule has 35 heavy (non-hydrogen) atoms. The van der Waals surface area contributed by atoms with Gasteiger partial charge in [-0.15, -0.1) is 0 Å². The van der Waals surface area contributed by atoms with E-state index in [0.29, 0.717) is 24.7 Å². The lowest BCUT2D eigenvalue weighted by atomic mass is 9.97. The Balaban J connectivity index is 1.98. The fraction of sp³-hybridized carbons (Fsp3) is 0.448. The van der Waals surface area contributed by atoms with Gasteiger partial charge in [-0.2, -0.15) is 0 Å². The monoisotopic (exact) mass is 480 g/mol. The molecule has 0 aliphatic rings. The van der Waals surface area contributed by atoms with Gasteiger partial charge >= 0.3 is 11.9 Å². The minimum atomic E-state index is -0.395. The molecule has 6 nitrogen and oxygen atoms in total. The number of esters is 2. The van der Waals surface area contributed by atoms with E-state index in [2.05, 4.69) is 19.1 Å². The zero-order valence-corrected chi connectivity index (χ0v) is 21.1. The molecular formula is C29H36O6. The molecule has 3 rings (SSSR count). The molecule has 0 saturated carbocycles. The van der Waals surface area contributed by atoms with Crippen LogP contribution in [-0.4, -0.2) is 38.4 Å². The number of carbonyl (C=O) groups is 2. The summed E-state index contributed by atoms with van der Waals surface area (Å²) < 4.78 is 22.7. The second-order valence-electron chi connectivity index (χ2n) is 8.56. The van der Waals surface area contributed by atoms with Gasteiger partial charge in [-0.25, -0.2) is 9.59 Å². The Hall–Kier alpha value is -3.28. The normalized spacial score (nSPS) is 10.9. The average Bonchev–Trinajstić information content (AvgIpc) is 2.86. The molecule has 3 aromatic carbocycles. The van der Waals surface area contributed by atoms with E-state index in [1.54, 1.807) is 0 Å². The van der Waals surface area contributed by atoms with Gasteiger partial charge in [-0.1, -0.05) is 76.4 Å². The number of hydrogen-bond donors (Lipinski definition) is 0. The number of rotatable bonds is 14.